The average Bonchev–Trinajstić information content (AvgIpc) is 3.20. The first-order valence-corrected chi connectivity index (χ1v) is 10.8. The van der Waals surface area contributed by atoms with Crippen LogP contribution in [-0.2, 0) is 4.79 Å². The van der Waals surface area contributed by atoms with Gasteiger partial charge in [0.1, 0.15) is 5.82 Å². The number of carbonyl (C=O) groups excluding carboxylic acids is 1. The third-order valence-corrected chi connectivity index (χ3v) is 5.91. The van der Waals surface area contributed by atoms with Gasteiger partial charge in [0.25, 0.3) is 0 Å². The maximum Gasteiger partial charge on any atom is 0.237 e. The van der Waals surface area contributed by atoms with Crippen LogP contribution in [0.5, 0.6) is 0 Å². The van der Waals surface area contributed by atoms with Crippen LogP contribution in [0.1, 0.15) is 6.92 Å². The molecule has 0 bridgehead atoms. The van der Waals surface area contributed by atoms with Gasteiger partial charge in [-0.1, -0.05) is 65.8 Å². The topological polar surface area (TPSA) is 59.8 Å². The Hall–Kier alpha value is -3.16. The van der Waals surface area contributed by atoms with Gasteiger partial charge in [-0.3, -0.25) is 9.36 Å². The zero-order chi connectivity index (χ0) is 21.8. The highest BCUT2D eigenvalue weighted by Gasteiger charge is 2.22. The molecule has 0 saturated heterocycles. The van der Waals surface area contributed by atoms with E-state index in [1.165, 1.54) is 23.9 Å². The maximum absolute atomic E-state index is 13.5. The van der Waals surface area contributed by atoms with Gasteiger partial charge in [0, 0.05) is 11.3 Å². The summed E-state index contributed by atoms with van der Waals surface area (Å²) < 4.78 is 15.3. The van der Waals surface area contributed by atoms with Crippen LogP contribution in [0.3, 0.4) is 0 Å². The number of anilines is 1. The summed E-state index contributed by atoms with van der Waals surface area (Å²) in [5.74, 6) is 0.0567. The standard InChI is InChI=1S/C23H18ClFN4OS/c1-15(22(30)26-20-10-6-5-9-19(20)24)31-23-28-27-21(16-7-3-2-4-8-16)29(23)18-13-11-17(25)12-14-18/h2-15H,1H3,(H,26,30). The molecule has 1 heterocycles. The van der Waals surface area contributed by atoms with Crippen LogP contribution in [0.25, 0.3) is 17.1 Å². The zero-order valence-electron chi connectivity index (χ0n) is 16.5. The predicted octanol–water partition coefficient (Wildman–Crippen LogP) is 5.85. The summed E-state index contributed by atoms with van der Waals surface area (Å²) in [6, 6.07) is 22.7. The summed E-state index contributed by atoms with van der Waals surface area (Å²) in [5.41, 5.74) is 2.11. The number of halogens is 2. The summed E-state index contributed by atoms with van der Waals surface area (Å²) in [6.45, 7) is 1.78. The van der Waals surface area contributed by atoms with E-state index in [9.17, 15) is 9.18 Å². The van der Waals surface area contributed by atoms with Crippen molar-refractivity contribution in [2.75, 3.05) is 5.32 Å². The minimum absolute atomic E-state index is 0.215. The van der Waals surface area contributed by atoms with Gasteiger partial charge in [-0.2, -0.15) is 0 Å². The Kier molecular flexibility index (Phi) is 6.34. The van der Waals surface area contributed by atoms with E-state index in [1.54, 1.807) is 43.3 Å². The molecule has 1 aromatic heterocycles. The molecule has 0 radical (unpaired) electrons. The Balaban J connectivity index is 1.65. The fourth-order valence-corrected chi connectivity index (χ4v) is 4.00. The maximum atomic E-state index is 13.5. The first-order valence-electron chi connectivity index (χ1n) is 9.52. The number of hydrogen-bond donors (Lipinski definition) is 1. The largest absolute Gasteiger partial charge is 0.324 e. The SMILES string of the molecule is CC(Sc1nnc(-c2ccccc2)n1-c1ccc(F)cc1)C(=O)Nc1ccccc1Cl. The quantitative estimate of drug-likeness (QED) is 0.373. The van der Waals surface area contributed by atoms with Crippen molar-refractivity contribution >= 4 is 35.0 Å². The average molecular weight is 453 g/mol. The molecule has 1 unspecified atom stereocenters. The molecule has 5 nitrogen and oxygen atoms in total. The van der Waals surface area contributed by atoms with E-state index in [0.29, 0.717) is 27.4 Å². The van der Waals surface area contributed by atoms with Crippen molar-refractivity contribution in [3.8, 4) is 17.1 Å². The number of nitrogens with one attached hydrogen (secondary N) is 1. The van der Waals surface area contributed by atoms with E-state index in [4.69, 9.17) is 11.6 Å². The van der Waals surface area contributed by atoms with E-state index in [1.807, 2.05) is 34.9 Å². The minimum atomic E-state index is -0.483. The van der Waals surface area contributed by atoms with E-state index >= 15 is 0 Å². The number of carbonyl (C=O) groups is 1. The number of hydrogen-bond acceptors (Lipinski definition) is 4. The van der Waals surface area contributed by atoms with Crippen molar-refractivity contribution in [3.05, 3.63) is 89.7 Å². The lowest BCUT2D eigenvalue weighted by molar-refractivity contribution is -0.115. The van der Waals surface area contributed by atoms with Gasteiger partial charge >= 0.3 is 0 Å². The number of para-hydroxylation sites is 1. The number of benzene rings is 3. The fraction of sp³-hybridized carbons (Fsp3) is 0.0870. The molecule has 8 heteroatoms. The third kappa shape index (κ3) is 4.78. The second kappa shape index (κ2) is 9.32. The second-order valence-electron chi connectivity index (χ2n) is 6.71. The minimum Gasteiger partial charge on any atom is -0.324 e. The van der Waals surface area contributed by atoms with Gasteiger partial charge in [0.05, 0.1) is 16.0 Å². The normalized spacial score (nSPS) is 11.8. The number of rotatable bonds is 6. The Labute approximate surface area is 188 Å². The first-order chi connectivity index (χ1) is 15.0. The molecule has 0 aliphatic rings. The van der Waals surface area contributed by atoms with Gasteiger partial charge in [0.2, 0.25) is 5.91 Å². The molecule has 0 aliphatic heterocycles. The molecule has 1 N–H and O–H groups in total. The molecule has 0 fully saturated rings. The van der Waals surface area contributed by atoms with Crippen LogP contribution >= 0.6 is 23.4 Å². The summed E-state index contributed by atoms with van der Waals surface area (Å²) in [7, 11) is 0. The molecule has 0 aliphatic carbocycles. The molecule has 3 aromatic carbocycles. The highest BCUT2D eigenvalue weighted by molar-refractivity contribution is 8.00. The molecule has 1 atom stereocenters. The van der Waals surface area contributed by atoms with E-state index < -0.39 is 5.25 Å². The second-order valence-corrected chi connectivity index (χ2v) is 8.43. The van der Waals surface area contributed by atoms with Crippen LogP contribution in [0.2, 0.25) is 5.02 Å². The van der Waals surface area contributed by atoms with E-state index in [-0.39, 0.29) is 11.7 Å². The van der Waals surface area contributed by atoms with Crippen molar-refractivity contribution in [2.45, 2.75) is 17.3 Å². The third-order valence-electron chi connectivity index (χ3n) is 4.53. The highest BCUT2D eigenvalue weighted by atomic mass is 35.5. The van der Waals surface area contributed by atoms with E-state index in [2.05, 4.69) is 15.5 Å². The molecule has 1 amide bonds. The molecule has 156 valence electrons. The van der Waals surface area contributed by atoms with Crippen LogP contribution < -0.4 is 5.32 Å². The monoisotopic (exact) mass is 452 g/mol. The number of nitrogens with zero attached hydrogens (tertiary/aromatic N) is 3. The van der Waals surface area contributed by atoms with Crippen LogP contribution in [0.15, 0.2) is 84.0 Å². The van der Waals surface area contributed by atoms with Crippen LogP contribution in [0, 0.1) is 5.82 Å². The van der Waals surface area contributed by atoms with Crippen LogP contribution in [-0.4, -0.2) is 25.9 Å². The fourth-order valence-electron chi connectivity index (χ4n) is 2.95. The van der Waals surface area contributed by atoms with Gasteiger partial charge in [-0.25, -0.2) is 4.39 Å². The first kappa shape index (κ1) is 21.1. The lowest BCUT2D eigenvalue weighted by Gasteiger charge is -2.14. The van der Waals surface area contributed by atoms with Gasteiger partial charge in [0.15, 0.2) is 11.0 Å². The smallest absolute Gasteiger partial charge is 0.237 e. The van der Waals surface area contributed by atoms with Crippen molar-refractivity contribution in [1.82, 2.24) is 14.8 Å². The molecule has 0 spiro atoms. The van der Waals surface area contributed by atoms with Crippen molar-refractivity contribution < 1.29 is 9.18 Å². The molecule has 31 heavy (non-hydrogen) atoms. The van der Waals surface area contributed by atoms with Crippen molar-refractivity contribution in [2.24, 2.45) is 0 Å². The lowest BCUT2D eigenvalue weighted by atomic mass is 10.2. The number of thioether (sulfide) groups is 1. The Morgan fingerprint density at radius 3 is 2.39 bits per heavy atom. The highest BCUT2D eigenvalue weighted by Crippen LogP contribution is 2.31. The Morgan fingerprint density at radius 1 is 1.00 bits per heavy atom. The van der Waals surface area contributed by atoms with Gasteiger partial charge in [-0.05, 0) is 43.3 Å². The predicted molar refractivity (Wildman–Crippen MR) is 122 cm³/mol. The van der Waals surface area contributed by atoms with Gasteiger partial charge < -0.3 is 5.32 Å². The Bertz CT molecular complexity index is 1200. The van der Waals surface area contributed by atoms with E-state index in [0.717, 1.165) is 5.56 Å². The molecular formula is C23H18ClFN4OS. The summed E-state index contributed by atoms with van der Waals surface area (Å²) >= 11 is 7.40. The number of aromatic nitrogens is 3. The summed E-state index contributed by atoms with van der Waals surface area (Å²) in [4.78, 5) is 12.7. The van der Waals surface area contributed by atoms with Crippen molar-refractivity contribution in [3.63, 3.8) is 0 Å². The molecule has 0 saturated carbocycles. The molecule has 4 rings (SSSR count). The summed E-state index contributed by atoms with van der Waals surface area (Å²) in [6.07, 6.45) is 0. The lowest BCUT2D eigenvalue weighted by Crippen LogP contribution is -2.23. The molecular weight excluding hydrogens is 435 g/mol. The zero-order valence-corrected chi connectivity index (χ0v) is 18.1. The number of amides is 1. The summed E-state index contributed by atoms with van der Waals surface area (Å²) in [5, 5.41) is 12.0. The van der Waals surface area contributed by atoms with Gasteiger partial charge in [-0.15, -0.1) is 10.2 Å². The van der Waals surface area contributed by atoms with Crippen molar-refractivity contribution in [1.29, 1.82) is 0 Å². The Morgan fingerprint density at radius 2 is 1.68 bits per heavy atom. The van der Waals surface area contributed by atoms with Crippen LogP contribution in [0.4, 0.5) is 10.1 Å². The molecule has 4 aromatic rings.